The van der Waals surface area contributed by atoms with Crippen molar-refractivity contribution in [2.45, 2.75) is 31.8 Å². The number of hydrogen-bond acceptors (Lipinski definition) is 4. The number of carbonyl (C=O) groups excluding carboxylic acids is 2. The highest BCUT2D eigenvalue weighted by Crippen LogP contribution is 2.17. The average Bonchev–Trinajstić information content (AvgIpc) is 3.02. The third-order valence-corrected chi connectivity index (χ3v) is 5.62. The van der Waals surface area contributed by atoms with Gasteiger partial charge in [-0.1, -0.05) is 23.9 Å². The van der Waals surface area contributed by atoms with Crippen LogP contribution in [0, 0.1) is 5.82 Å². The molecule has 7 heteroatoms. The fraction of sp³-hybridized carbons (Fsp3) is 0.556. The van der Waals surface area contributed by atoms with Gasteiger partial charge in [-0.2, -0.15) is 0 Å². The summed E-state index contributed by atoms with van der Waals surface area (Å²) >= 11 is 1.32. The first-order valence-electron chi connectivity index (χ1n) is 8.78. The normalized spacial score (nSPS) is 19.4. The fourth-order valence-corrected chi connectivity index (χ4v) is 4.10. The molecular formula is C18H24FN3O2S. The number of halogens is 1. The molecule has 0 aromatic heterocycles. The van der Waals surface area contributed by atoms with Crippen LogP contribution in [0.4, 0.5) is 9.18 Å². The number of rotatable bonds is 6. The van der Waals surface area contributed by atoms with E-state index in [4.69, 9.17) is 0 Å². The lowest BCUT2D eigenvalue weighted by atomic mass is 10.0. The van der Waals surface area contributed by atoms with E-state index in [-0.39, 0.29) is 23.0 Å². The maximum absolute atomic E-state index is 12.9. The van der Waals surface area contributed by atoms with E-state index in [2.05, 4.69) is 10.2 Å². The molecule has 25 heavy (non-hydrogen) atoms. The van der Waals surface area contributed by atoms with Crippen molar-refractivity contribution < 1.29 is 14.0 Å². The Kier molecular flexibility index (Phi) is 6.31. The van der Waals surface area contributed by atoms with Crippen molar-refractivity contribution in [2.75, 3.05) is 31.9 Å². The van der Waals surface area contributed by atoms with Crippen LogP contribution in [0.2, 0.25) is 0 Å². The SMILES string of the molecule is O=C(CCN1CCSC1=O)NC1CCN(Cc2ccc(F)cc2)CC1. The van der Waals surface area contributed by atoms with Crippen molar-refractivity contribution >= 4 is 22.9 Å². The first kappa shape index (κ1) is 18.2. The molecule has 136 valence electrons. The molecule has 2 aliphatic heterocycles. The quantitative estimate of drug-likeness (QED) is 0.841. The van der Waals surface area contributed by atoms with Gasteiger partial charge in [-0.05, 0) is 30.5 Å². The van der Waals surface area contributed by atoms with Crippen molar-refractivity contribution in [3.8, 4) is 0 Å². The summed E-state index contributed by atoms with van der Waals surface area (Å²) in [6.07, 6.45) is 2.22. The van der Waals surface area contributed by atoms with Crippen LogP contribution in [0.25, 0.3) is 0 Å². The van der Waals surface area contributed by atoms with Gasteiger partial charge in [0.05, 0.1) is 0 Å². The molecule has 2 amide bonds. The highest BCUT2D eigenvalue weighted by Gasteiger charge is 2.23. The van der Waals surface area contributed by atoms with E-state index in [0.29, 0.717) is 13.0 Å². The summed E-state index contributed by atoms with van der Waals surface area (Å²) in [5, 5.41) is 3.17. The van der Waals surface area contributed by atoms with Gasteiger partial charge >= 0.3 is 0 Å². The number of likely N-dealkylation sites (tertiary alicyclic amines) is 1. The number of hydrogen-bond donors (Lipinski definition) is 1. The Hall–Kier alpha value is -1.60. The standard InChI is InChI=1S/C18H24FN3O2S/c19-15-3-1-14(2-4-15)13-21-8-5-16(6-9-21)20-17(23)7-10-22-11-12-25-18(22)24/h1-4,16H,5-13H2,(H,20,23). The summed E-state index contributed by atoms with van der Waals surface area (Å²) in [7, 11) is 0. The zero-order valence-electron chi connectivity index (χ0n) is 14.2. The summed E-state index contributed by atoms with van der Waals surface area (Å²) in [6, 6.07) is 6.83. The molecule has 1 aromatic carbocycles. The minimum absolute atomic E-state index is 0.0293. The number of nitrogens with zero attached hydrogens (tertiary/aromatic N) is 2. The van der Waals surface area contributed by atoms with Crippen LogP contribution in [0.1, 0.15) is 24.8 Å². The Morgan fingerprint density at radius 3 is 2.56 bits per heavy atom. The molecule has 1 aromatic rings. The molecule has 3 rings (SSSR count). The first-order valence-corrected chi connectivity index (χ1v) is 9.76. The predicted molar refractivity (Wildman–Crippen MR) is 96.9 cm³/mol. The van der Waals surface area contributed by atoms with E-state index in [0.717, 1.165) is 50.3 Å². The van der Waals surface area contributed by atoms with Gasteiger partial charge in [-0.3, -0.25) is 14.5 Å². The van der Waals surface area contributed by atoms with Crippen molar-refractivity contribution in [3.05, 3.63) is 35.6 Å². The van der Waals surface area contributed by atoms with Crippen LogP contribution >= 0.6 is 11.8 Å². The highest BCUT2D eigenvalue weighted by molar-refractivity contribution is 8.13. The van der Waals surface area contributed by atoms with Crippen molar-refractivity contribution in [1.82, 2.24) is 15.1 Å². The van der Waals surface area contributed by atoms with Gasteiger partial charge in [0.15, 0.2) is 0 Å². The maximum atomic E-state index is 12.9. The van der Waals surface area contributed by atoms with E-state index in [1.807, 2.05) is 12.1 Å². The molecule has 0 aliphatic carbocycles. The maximum Gasteiger partial charge on any atom is 0.281 e. The fourth-order valence-electron chi connectivity index (χ4n) is 3.25. The van der Waals surface area contributed by atoms with Crippen LogP contribution in [0.3, 0.4) is 0 Å². The molecule has 2 heterocycles. The third-order valence-electron chi connectivity index (χ3n) is 4.73. The van der Waals surface area contributed by atoms with Gasteiger partial charge in [0.1, 0.15) is 5.82 Å². The van der Waals surface area contributed by atoms with Gasteiger partial charge in [-0.15, -0.1) is 0 Å². The lowest BCUT2D eigenvalue weighted by molar-refractivity contribution is -0.122. The molecule has 2 saturated heterocycles. The van der Waals surface area contributed by atoms with Crippen LogP contribution in [0.5, 0.6) is 0 Å². The molecule has 2 fully saturated rings. The van der Waals surface area contributed by atoms with E-state index in [9.17, 15) is 14.0 Å². The lowest BCUT2D eigenvalue weighted by Gasteiger charge is -2.32. The first-order chi connectivity index (χ1) is 12.1. The van der Waals surface area contributed by atoms with Crippen LogP contribution < -0.4 is 5.32 Å². The summed E-state index contributed by atoms with van der Waals surface area (Å²) in [5.41, 5.74) is 1.11. The van der Waals surface area contributed by atoms with Gasteiger partial charge < -0.3 is 10.2 Å². The predicted octanol–water partition coefficient (Wildman–Crippen LogP) is 2.47. The molecule has 0 spiro atoms. The van der Waals surface area contributed by atoms with Crippen molar-refractivity contribution in [3.63, 3.8) is 0 Å². The molecule has 0 unspecified atom stereocenters. The molecule has 0 atom stereocenters. The summed E-state index contributed by atoms with van der Waals surface area (Å²) in [6.45, 7) is 3.92. The zero-order chi connectivity index (χ0) is 17.6. The second kappa shape index (κ2) is 8.67. The molecular weight excluding hydrogens is 341 g/mol. The van der Waals surface area contributed by atoms with E-state index in [1.54, 1.807) is 4.90 Å². The van der Waals surface area contributed by atoms with Crippen LogP contribution in [0.15, 0.2) is 24.3 Å². The van der Waals surface area contributed by atoms with Crippen LogP contribution in [-0.4, -0.2) is 58.9 Å². The van der Waals surface area contributed by atoms with Gasteiger partial charge in [0.25, 0.3) is 5.24 Å². The number of piperidine rings is 1. The number of nitrogens with one attached hydrogen (secondary N) is 1. The van der Waals surface area contributed by atoms with Crippen LogP contribution in [-0.2, 0) is 11.3 Å². The number of amides is 2. The van der Waals surface area contributed by atoms with Crippen molar-refractivity contribution in [1.29, 1.82) is 0 Å². The number of benzene rings is 1. The topological polar surface area (TPSA) is 52.7 Å². The Bertz CT molecular complexity index is 603. The van der Waals surface area contributed by atoms with Gasteiger partial charge in [0.2, 0.25) is 5.91 Å². The Morgan fingerprint density at radius 2 is 1.92 bits per heavy atom. The number of carbonyl (C=O) groups is 2. The molecule has 0 bridgehead atoms. The van der Waals surface area contributed by atoms with E-state index < -0.39 is 0 Å². The third kappa shape index (κ3) is 5.44. The van der Waals surface area contributed by atoms with Gasteiger partial charge in [-0.25, -0.2) is 4.39 Å². The summed E-state index contributed by atoms with van der Waals surface area (Å²) in [4.78, 5) is 27.7. The smallest absolute Gasteiger partial charge is 0.281 e. The minimum atomic E-state index is -0.209. The Labute approximate surface area is 151 Å². The lowest BCUT2D eigenvalue weighted by Crippen LogP contribution is -2.45. The van der Waals surface area contributed by atoms with Crippen molar-refractivity contribution in [2.24, 2.45) is 0 Å². The zero-order valence-corrected chi connectivity index (χ0v) is 15.1. The molecule has 5 nitrogen and oxygen atoms in total. The van der Waals surface area contributed by atoms with E-state index >= 15 is 0 Å². The second-order valence-electron chi connectivity index (χ2n) is 6.60. The average molecular weight is 365 g/mol. The summed E-state index contributed by atoms with van der Waals surface area (Å²) < 4.78 is 12.9. The summed E-state index contributed by atoms with van der Waals surface area (Å²) in [5.74, 6) is 0.647. The minimum Gasteiger partial charge on any atom is -0.353 e. The second-order valence-corrected chi connectivity index (χ2v) is 7.64. The Balaban J connectivity index is 1.35. The molecule has 2 aliphatic rings. The molecule has 1 N–H and O–H groups in total. The highest BCUT2D eigenvalue weighted by atomic mass is 32.2. The Morgan fingerprint density at radius 1 is 1.20 bits per heavy atom. The molecule has 0 radical (unpaired) electrons. The van der Waals surface area contributed by atoms with E-state index in [1.165, 1.54) is 23.9 Å². The van der Waals surface area contributed by atoms with Gasteiger partial charge in [0, 0.05) is 50.9 Å². The monoisotopic (exact) mass is 365 g/mol. The largest absolute Gasteiger partial charge is 0.353 e. The number of thioether (sulfide) groups is 1. The molecule has 0 saturated carbocycles.